The van der Waals surface area contributed by atoms with Gasteiger partial charge in [-0.1, -0.05) is 35.5 Å². The number of fused-ring (bicyclic) bond motifs is 2. The van der Waals surface area contributed by atoms with Crippen molar-refractivity contribution in [3.63, 3.8) is 0 Å². The smallest absolute Gasteiger partial charge is 0.265 e. The molecule has 1 atom stereocenters. The number of amides is 1. The van der Waals surface area contributed by atoms with E-state index in [1.54, 1.807) is 40.6 Å². The zero-order valence-electron chi connectivity index (χ0n) is 17.0. The van der Waals surface area contributed by atoms with Crippen molar-refractivity contribution in [2.45, 2.75) is 17.6 Å². The second-order valence-corrected chi connectivity index (χ2v) is 8.68. The van der Waals surface area contributed by atoms with Crippen LogP contribution in [0.5, 0.6) is 5.75 Å². The van der Waals surface area contributed by atoms with Crippen LogP contribution in [0.2, 0.25) is 5.02 Å². The molecule has 0 saturated carbocycles. The van der Waals surface area contributed by atoms with Crippen LogP contribution in [-0.2, 0) is 4.79 Å². The van der Waals surface area contributed by atoms with E-state index in [4.69, 9.17) is 16.3 Å². The summed E-state index contributed by atoms with van der Waals surface area (Å²) in [5.41, 5.74) is 1.63. The second kappa shape index (κ2) is 8.33. The van der Waals surface area contributed by atoms with E-state index < -0.39 is 0 Å². The molecular formula is C22H18ClN5O3S. The van der Waals surface area contributed by atoms with Crippen molar-refractivity contribution in [1.82, 2.24) is 19.3 Å². The Balaban J connectivity index is 1.44. The molecule has 1 aliphatic rings. The number of aromatic nitrogens is 4. The van der Waals surface area contributed by atoms with Crippen LogP contribution in [0.15, 0.2) is 64.7 Å². The maximum absolute atomic E-state index is 13.3. The molecule has 0 aliphatic carbocycles. The number of hydrogen-bond donors (Lipinski definition) is 1. The Labute approximate surface area is 192 Å². The summed E-state index contributed by atoms with van der Waals surface area (Å²) < 4.78 is 8.51. The Morgan fingerprint density at radius 1 is 1.25 bits per heavy atom. The molecule has 1 aliphatic heterocycles. The highest BCUT2D eigenvalue weighted by atomic mass is 35.5. The summed E-state index contributed by atoms with van der Waals surface area (Å²) in [6, 6.07) is 14.1. The normalized spacial score (nSPS) is 15.0. The van der Waals surface area contributed by atoms with E-state index in [0.717, 1.165) is 5.69 Å². The lowest BCUT2D eigenvalue weighted by Gasteiger charge is -2.14. The predicted octanol–water partition coefficient (Wildman–Crippen LogP) is 3.92. The number of benzene rings is 2. The summed E-state index contributed by atoms with van der Waals surface area (Å²) in [5.74, 6) is 0.969. The minimum atomic E-state index is -0.298. The SMILES string of the molecule is COc1ccccc1NC(=O)CC1CSc2nc3c(cnn3-c3ccc(Cl)cc3)c(=O)n21. The van der Waals surface area contributed by atoms with E-state index in [2.05, 4.69) is 15.4 Å². The fraction of sp³-hybridized carbons (Fsp3) is 0.182. The van der Waals surface area contributed by atoms with E-state index >= 15 is 0 Å². The molecule has 3 heterocycles. The first-order valence-corrected chi connectivity index (χ1v) is 11.2. The lowest BCUT2D eigenvalue weighted by molar-refractivity contribution is -0.116. The fourth-order valence-corrected chi connectivity index (χ4v) is 4.97. The Morgan fingerprint density at radius 2 is 2.03 bits per heavy atom. The van der Waals surface area contributed by atoms with E-state index in [0.29, 0.717) is 38.4 Å². The third-order valence-electron chi connectivity index (χ3n) is 5.24. The molecule has 0 saturated heterocycles. The molecule has 162 valence electrons. The van der Waals surface area contributed by atoms with Crippen molar-refractivity contribution in [3.05, 3.63) is 70.1 Å². The maximum atomic E-state index is 13.3. The average Bonchev–Trinajstić information content (AvgIpc) is 3.40. The quantitative estimate of drug-likeness (QED) is 0.447. The van der Waals surface area contributed by atoms with E-state index in [9.17, 15) is 9.59 Å². The van der Waals surface area contributed by atoms with E-state index in [-0.39, 0.29) is 23.9 Å². The molecule has 0 fully saturated rings. The lowest BCUT2D eigenvalue weighted by Crippen LogP contribution is -2.27. The summed E-state index contributed by atoms with van der Waals surface area (Å²) in [5, 5.41) is 8.82. The molecule has 32 heavy (non-hydrogen) atoms. The van der Waals surface area contributed by atoms with E-state index in [1.165, 1.54) is 18.0 Å². The largest absolute Gasteiger partial charge is 0.495 e. The number of rotatable bonds is 5. The van der Waals surface area contributed by atoms with Crippen LogP contribution in [0.1, 0.15) is 12.5 Å². The third-order valence-corrected chi connectivity index (χ3v) is 6.59. The van der Waals surface area contributed by atoms with Crippen LogP contribution >= 0.6 is 23.4 Å². The standard InChI is InChI=1S/C22H18ClN5O3S/c1-31-18-5-3-2-4-17(18)25-19(29)10-15-12-32-22-26-20-16(21(30)27(15)22)11-24-28(20)14-8-6-13(23)7-9-14/h2-9,11,15H,10,12H2,1H3,(H,25,29). The summed E-state index contributed by atoms with van der Waals surface area (Å²) in [6.45, 7) is 0. The van der Waals surface area contributed by atoms with Crippen LogP contribution in [0.25, 0.3) is 16.7 Å². The maximum Gasteiger partial charge on any atom is 0.265 e. The summed E-state index contributed by atoms with van der Waals surface area (Å²) in [7, 11) is 1.55. The zero-order valence-corrected chi connectivity index (χ0v) is 18.6. The van der Waals surface area contributed by atoms with Gasteiger partial charge in [0, 0.05) is 17.2 Å². The Hall–Kier alpha value is -3.30. The molecule has 1 unspecified atom stereocenters. The number of para-hydroxylation sites is 2. The summed E-state index contributed by atoms with van der Waals surface area (Å²) in [6.07, 6.45) is 1.66. The van der Waals surface area contributed by atoms with Crippen molar-refractivity contribution in [3.8, 4) is 11.4 Å². The van der Waals surface area contributed by atoms with Crippen LogP contribution in [0.4, 0.5) is 5.69 Å². The minimum Gasteiger partial charge on any atom is -0.495 e. The molecular weight excluding hydrogens is 450 g/mol. The Kier molecular flexibility index (Phi) is 5.36. The molecule has 4 aromatic rings. The zero-order chi connectivity index (χ0) is 22.2. The number of halogens is 1. The van der Waals surface area contributed by atoms with Crippen molar-refractivity contribution in [2.24, 2.45) is 0 Å². The monoisotopic (exact) mass is 467 g/mol. The molecule has 2 aromatic carbocycles. The predicted molar refractivity (Wildman–Crippen MR) is 124 cm³/mol. The van der Waals surface area contributed by atoms with Gasteiger partial charge in [-0.15, -0.1) is 0 Å². The molecule has 2 aromatic heterocycles. The van der Waals surface area contributed by atoms with Crippen LogP contribution in [-0.4, -0.2) is 38.1 Å². The number of thioether (sulfide) groups is 1. The van der Waals surface area contributed by atoms with Crippen molar-refractivity contribution in [2.75, 3.05) is 18.2 Å². The highest BCUT2D eigenvalue weighted by Gasteiger charge is 2.29. The molecule has 10 heteroatoms. The Bertz CT molecular complexity index is 1380. The first kappa shape index (κ1) is 20.6. The number of nitrogens with one attached hydrogen (secondary N) is 1. The number of nitrogens with zero attached hydrogens (tertiary/aromatic N) is 4. The highest BCUT2D eigenvalue weighted by Crippen LogP contribution is 2.34. The van der Waals surface area contributed by atoms with Gasteiger partial charge >= 0.3 is 0 Å². The van der Waals surface area contributed by atoms with Gasteiger partial charge in [-0.3, -0.25) is 14.2 Å². The summed E-state index contributed by atoms with van der Waals surface area (Å²) >= 11 is 7.43. The molecule has 0 radical (unpaired) electrons. The average molecular weight is 468 g/mol. The van der Waals surface area contributed by atoms with Gasteiger partial charge in [0.15, 0.2) is 10.8 Å². The molecule has 8 nitrogen and oxygen atoms in total. The lowest BCUT2D eigenvalue weighted by atomic mass is 10.2. The van der Waals surface area contributed by atoms with Gasteiger partial charge < -0.3 is 10.1 Å². The van der Waals surface area contributed by atoms with Gasteiger partial charge in [0.25, 0.3) is 5.56 Å². The van der Waals surface area contributed by atoms with E-state index in [1.807, 2.05) is 24.3 Å². The first-order valence-electron chi connectivity index (χ1n) is 9.87. The van der Waals surface area contributed by atoms with Crippen LogP contribution in [0.3, 0.4) is 0 Å². The molecule has 0 spiro atoms. The van der Waals surface area contributed by atoms with Crippen LogP contribution < -0.4 is 15.6 Å². The second-order valence-electron chi connectivity index (χ2n) is 7.26. The number of carbonyl (C=O) groups excluding carboxylic acids is 1. The van der Waals surface area contributed by atoms with Crippen molar-refractivity contribution in [1.29, 1.82) is 0 Å². The number of ether oxygens (including phenoxy) is 1. The number of anilines is 1. The van der Waals surface area contributed by atoms with Gasteiger partial charge in [0.05, 0.1) is 30.7 Å². The van der Waals surface area contributed by atoms with Gasteiger partial charge in [-0.2, -0.15) is 5.10 Å². The molecule has 5 rings (SSSR count). The minimum absolute atomic E-state index is 0.149. The molecule has 1 N–H and O–H groups in total. The van der Waals surface area contributed by atoms with Crippen molar-refractivity contribution >= 4 is 46.0 Å². The van der Waals surface area contributed by atoms with Gasteiger partial charge in [-0.05, 0) is 36.4 Å². The van der Waals surface area contributed by atoms with Crippen LogP contribution in [0, 0.1) is 0 Å². The molecule has 1 amide bonds. The van der Waals surface area contributed by atoms with Crippen molar-refractivity contribution < 1.29 is 9.53 Å². The fourth-order valence-electron chi connectivity index (χ4n) is 3.72. The number of carbonyl (C=O) groups is 1. The molecule has 0 bridgehead atoms. The van der Waals surface area contributed by atoms with Gasteiger partial charge in [-0.25, -0.2) is 9.67 Å². The first-order chi connectivity index (χ1) is 15.5. The third kappa shape index (κ3) is 3.63. The Morgan fingerprint density at radius 3 is 2.81 bits per heavy atom. The highest BCUT2D eigenvalue weighted by molar-refractivity contribution is 7.99. The number of methoxy groups -OCH3 is 1. The van der Waals surface area contributed by atoms with Gasteiger partial charge in [0.1, 0.15) is 11.1 Å². The number of hydrogen-bond acceptors (Lipinski definition) is 6. The summed E-state index contributed by atoms with van der Waals surface area (Å²) in [4.78, 5) is 30.6. The van der Waals surface area contributed by atoms with Gasteiger partial charge in [0.2, 0.25) is 5.91 Å². The topological polar surface area (TPSA) is 91.0 Å².